The van der Waals surface area contributed by atoms with E-state index in [2.05, 4.69) is 16.0 Å². The summed E-state index contributed by atoms with van der Waals surface area (Å²) in [5.41, 5.74) is 1.99. The first-order chi connectivity index (χ1) is 15.0. The first kappa shape index (κ1) is 24.0. The molecule has 0 heterocycles. The summed E-state index contributed by atoms with van der Waals surface area (Å²) in [6.07, 6.45) is 1.35. The van der Waals surface area contributed by atoms with Gasteiger partial charge in [0.1, 0.15) is 0 Å². The van der Waals surface area contributed by atoms with Crippen LogP contribution in [0.5, 0.6) is 0 Å². The van der Waals surface area contributed by atoms with E-state index < -0.39 is 11.9 Å². The van der Waals surface area contributed by atoms with Crippen molar-refractivity contribution < 1.29 is 19.1 Å². The van der Waals surface area contributed by atoms with Gasteiger partial charge in [0.05, 0.1) is 24.3 Å². The standard InChI is InChI=1S/C23H27N3O4S/c1-2-15-24-22(29)18-10-6-7-11-19(18)25-23(31)26-20(27)12-13-21(28)30-16-14-17-8-4-3-5-9-17/h3-11H,2,12-16H2,1H3,(H,24,29)(H2,25,26,27,31). The molecule has 0 saturated heterocycles. The van der Waals surface area contributed by atoms with Crippen molar-refractivity contribution in [1.29, 1.82) is 0 Å². The van der Waals surface area contributed by atoms with Crippen LogP contribution in [0.2, 0.25) is 0 Å². The molecular weight excluding hydrogens is 414 g/mol. The number of esters is 1. The van der Waals surface area contributed by atoms with Gasteiger partial charge in [-0.25, -0.2) is 0 Å². The number of rotatable bonds is 10. The van der Waals surface area contributed by atoms with Crippen LogP contribution in [-0.2, 0) is 20.7 Å². The summed E-state index contributed by atoms with van der Waals surface area (Å²) >= 11 is 5.16. The number of para-hydroxylation sites is 1. The molecule has 0 unspecified atom stereocenters. The Bertz CT molecular complexity index is 903. The van der Waals surface area contributed by atoms with Crippen LogP contribution in [0.25, 0.3) is 0 Å². The Balaban J connectivity index is 1.73. The molecule has 31 heavy (non-hydrogen) atoms. The average Bonchev–Trinajstić information content (AvgIpc) is 2.77. The molecule has 8 heteroatoms. The van der Waals surface area contributed by atoms with E-state index >= 15 is 0 Å². The topological polar surface area (TPSA) is 96.5 Å². The van der Waals surface area contributed by atoms with Gasteiger partial charge >= 0.3 is 5.97 Å². The van der Waals surface area contributed by atoms with Gasteiger partial charge in [-0.2, -0.15) is 0 Å². The molecule has 164 valence electrons. The smallest absolute Gasteiger partial charge is 0.306 e. The molecule has 0 saturated carbocycles. The summed E-state index contributed by atoms with van der Waals surface area (Å²) in [6.45, 7) is 2.80. The number of carbonyl (C=O) groups is 3. The molecular formula is C23H27N3O4S. The second-order valence-corrected chi connectivity index (χ2v) is 7.17. The number of thiocarbonyl (C=S) groups is 1. The maximum atomic E-state index is 12.2. The van der Waals surface area contributed by atoms with Gasteiger partial charge in [0, 0.05) is 19.4 Å². The minimum Gasteiger partial charge on any atom is -0.465 e. The number of ether oxygens (including phenoxy) is 1. The molecule has 7 nitrogen and oxygen atoms in total. The Morgan fingerprint density at radius 2 is 1.68 bits per heavy atom. The zero-order chi connectivity index (χ0) is 22.5. The summed E-state index contributed by atoms with van der Waals surface area (Å²) < 4.78 is 5.16. The molecule has 0 radical (unpaired) electrons. The molecule has 0 bridgehead atoms. The second kappa shape index (κ2) is 13.1. The van der Waals surface area contributed by atoms with Crippen molar-refractivity contribution in [2.45, 2.75) is 32.6 Å². The Morgan fingerprint density at radius 3 is 2.42 bits per heavy atom. The van der Waals surface area contributed by atoms with E-state index in [0.717, 1.165) is 12.0 Å². The molecule has 2 aromatic carbocycles. The fourth-order valence-corrected chi connectivity index (χ4v) is 2.91. The van der Waals surface area contributed by atoms with E-state index in [4.69, 9.17) is 17.0 Å². The van der Waals surface area contributed by atoms with Crippen LogP contribution < -0.4 is 16.0 Å². The molecule has 2 rings (SSSR count). The van der Waals surface area contributed by atoms with E-state index in [1.165, 1.54) is 0 Å². The van der Waals surface area contributed by atoms with Crippen molar-refractivity contribution >= 4 is 40.8 Å². The van der Waals surface area contributed by atoms with Gasteiger partial charge in [0.2, 0.25) is 5.91 Å². The third-order valence-electron chi connectivity index (χ3n) is 4.26. The molecule has 0 fully saturated rings. The Kier molecular flexibility index (Phi) is 10.2. The number of hydrogen-bond donors (Lipinski definition) is 3. The van der Waals surface area contributed by atoms with Crippen molar-refractivity contribution in [1.82, 2.24) is 10.6 Å². The van der Waals surface area contributed by atoms with Gasteiger partial charge in [-0.15, -0.1) is 0 Å². The maximum absolute atomic E-state index is 12.2. The number of hydrogen-bond acceptors (Lipinski definition) is 5. The van der Waals surface area contributed by atoms with Crippen LogP contribution >= 0.6 is 12.2 Å². The predicted molar refractivity (Wildman–Crippen MR) is 124 cm³/mol. The number of anilines is 1. The van der Waals surface area contributed by atoms with Gasteiger partial charge < -0.3 is 20.7 Å². The zero-order valence-electron chi connectivity index (χ0n) is 17.5. The molecule has 2 amide bonds. The SMILES string of the molecule is CCCNC(=O)c1ccccc1NC(=S)NC(=O)CCC(=O)OCCc1ccccc1. The van der Waals surface area contributed by atoms with Crippen molar-refractivity contribution in [3.8, 4) is 0 Å². The Hall–Kier alpha value is -3.26. The van der Waals surface area contributed by atoms with E-state index in [1.807, 2.05) is 37.3 Å². The first-order valence-corrected chi connectivity index (χ1v) is 10.6. The van der Waals surface area contributed by atoms with Crippen molar-refractivity contribution in [3.05, 3.63) is 65.7 Å². The van der Waals surface area contributed by atoms with E-state index in [-0.39, 0.29) is 30.5 Å². The lowest BCUT2D eigenvalue weighted by molar-refractivity contribution is -0.144. The fourth-order valence-electron chi connectivity index (χ4n) is 2.68. The van der Waals surface area contributed by atoms with Gasteiger partial charge in [0.15, 0.2) is 5.11 Å². The summed E-state index contributed by atoms with van der Waals surface area (Å²) in [5.74, 6) is -1.08. The molecule has 2 aromatic rings. The van der Waals surface area contributed by atoms with Crippen LogP contribution in [0.4, 0.5) is 5.69 Å². The minimum atomic E-state index is -0.442. The van der Waals surface area contributed by atoms with Gasteiger partial charge in [-0.1, -0.05) is 49.4 Å². The third-order valence-corrected chi connectivity index (χ3v) is 4.47. The van der Waals surface area contributed by atoms with Crippen molar-refractivity contribution in [2.75, 3.05) is 18.5 Å². The third kappa shape index (κ3) is 8.96. The molecule has 0 atom stereocenters. The molecule has 0 spiro atoms. The molecule has 0 aliphatic carbocycles. The van der Waals surface area contributed by atoms with Crippen molar-refractivity contribution in [3.63, 3.8) is 0 Å². The van der Waals surface area contributed by atoms with Crippen molar-refractivity contribution in [2.24, 2.45) is 0 Å². The van der Waals surface area contributed by atoms with E-state index in [9.17, 15) is 14.4 Å². The number of carbonyl (C=O) groups excluding carboxylic acids is 3. The summed E-state index contributed by atoms with van der Waals surface area (Å²) in [5, 5.41) is 8.23. The summed E-state index contributed by atoms with van der Waals surface area (Å²) in [6, 6.07) is 16.6. The first-order valence-electron chi connectivity index (χ1n) is 10.2. The Morgan fingerprint density at radius 1 is 0.968 bits per heavy atom. The Labute approximate surface area is 187 Å². The van der Waals surface area contributed by atoms with Crippen LogP contribution in [0, 0.1) is 0 Å². The number of amides is 2. The lowest BCUT2D eigenvalue weighted by Crippen LogP contribution is -2.35. The maximum Gasteiger partial charge on any atom is 0.306 e. The van der Waals surface area contributed by atoms with Crippen LogP contribution in [-0.4, -0.2) is 36.0 Å². The van der Waals surface area contributed by atoms with E-state index in [0.29, 0.717) is 24.2 Å². The van der Waals surface area contributed by atoms with Crippen LogP contribution in [0.1, 0.15) is 42.1 Å². The quantitative estimate of drug-likeness (QED) is 0.387. The highest BCUT2D eigenvalue weighted by molar-refractivity contribution is 7.80. The molecule has 0 aliphatic rings. The van der Waals surface area contributed by atoms with Crippen LogP contribution in [0.15, 0.2) is 54.6 Å². The highest BCUT2D eigenvalue weighted by atomic mass is 32.1. The van der Waals surface area contributed by atoms with Gasteiger partial charge in [-0.05, 0) is 36.3 Å². The summed E-state index contributed by atoms with van der Waals surface area (Å²) in [4.78, 5) is 36.2. The monoisotopic (exact) mass is 441 g/mol. The van der Waals surface area contributed by atoms with E-state index in [1.54, 1.807) is 24.3 Å². The number of benzene rings is 2. The largest absolute Gasteiger partial charge is 0.465 e. The highest BCUT2D eigenvalue weighted by Crippen LogP contribution is 2.15. The lowest BCUT2D eigenvalue weighted by Gasteiger charge is -2.13. The molecule has 0 aromatic heterocycles. The highest BCUT2D eigenvalue weighted by Gasteiger charge is 2.13. The lowest BCUT2D eigenvalue weighted by atomic mass is 10.1. The van der Waals surface area contributed by atoms with Crippen LogP contribution in [0.3, 0.4) is 0 Å². The minimum absolute atomic E-state index is 0.0424. The fraction of sp³-hybridized carbons (Fsp3) is 0.304. The molecule has 0 aliphatic heterocycles. The molecule has 3 N–H and O–H groups in total. The van der Waals surface area contributed by atoms with Gasteiger partial charge in [-0.3, -0.25) is 14.4 Å². The average molecular weight is 442 g/mol. The predicted octanol–water partition coefficient (Wildman–Crippen LogP) is 3.21. The van der Waals surface area contributed by atoms with Gasteiger partial charge in [0.25, 0.3) is 5.91 Å². The second-order valence-electron chi connectivity index (χ2n) is 6.76. The summed E-state index contributed by atoms with van der Waals surface area (Å²) in [7, 11) is 0. The normalized spacial score (nSPS) is 10.1. The zero-order valence-corrected chi connectivity index (χ0v) is 18.3. The number of nitrogens with one attached hydrogen (secondary N) is 3.